The largest absolute Gasteiger partial charge is 0.306 e. The number of benzene rings is 1. The van der Waals surface area contributed by atoms with Crippen molar-refractivity contribution in [2.75, 3.05) is 0 Å². The van der Waals surface area contributed by atoms with E-state index in [1.807, 2.05) is 6.33 Å². The predicted molar refractivity (Wildman–Crippen MR) is 60.3 cm³/mol. The minimum atomic E-state index is 0.733. The minimum Gasteiger partial charge on any atom is -0.306 e. The van der Waals surface area contributed by atoms with Crippen LogP contribution in [0, 0.1) is 6.92 Å². The van der Waals surface area contributed by atoms with E-state index in [0.717, 1.165) is 5.92 Å². The number of aromatic nitrogens is 2. The summed E-state index contributed by atoms with van der Waals surface area (Å²) in [5, 5.41) is 0. The standard InChI is InChI=1S/C13H14N2/c1-10-2-6-12(7-3-10)15-8-13(14-9-15)11-4-5-11/h2-3,6-9,11H,4-5H2,1H3. The fourth-order valence-electron chi connectivity index (χ4n) is 1.79. The molecule has 0 spiro atoms. The molecule has 0 atom stereocenters. The van der Waals surface area contributed by atoms with Crippen LogP contribution in [0.5, 0.6) is 0 Å². The van der Waals surface area contributed by atoms with Crippen LogP contribution in [0.2, 0.25) is 0 Å². The molecule has 0 aliphatic heterocycles. The van der Waals surface area contributed by atoms with Gasteiger partial charge in [0.25, 0.3) is 0 Å². The molecule has 1 heterocycles. The lowest BCUT2D eigenvalue weighted by atomic mass is 10.2. The minimum absolute atomic E-state index is 0.733. The number of rotatable bonds is 2. The van der Waals surface area contributed by atoms with Gasteiger partial charge in [0.05, 0.1) is 12.0 Å². The Bertz CT molecular complexity index is 464. The number of nitrogens with zero attached hydrogens (tertiary/aromatic N) is 2. The van der Waals surface area contributed by atoms with Crippen molar-refractivity contribution in [2.45, 2.75) is 25.7 Å². The summed E-state index contributed by atoms with van der Waals surface area (Å²) in [7, 11) is 0. The Hall–Kier alpha value is -1.57. The first kappa shape index (κ1) is 8.72. The van der Waals surface area contributed by atoms with E-state index in [2.05, 4.69) is 46.9 Å². The summed E-state index contributed by atoms with van der Waals surface area (Å²) >= 11 is 0. The summed E-state index contributed by atoms with van der Waals surface area (Å²) in [4.78, 5) is 4.44. The van der Waals surface area contributed by atoms with Gasteiger partial charge < -0.3 is 4.57 Å². The molecule has 2 heteroatoms. The Balaban J connectivity index is 1.93. The van der Waals surface area contributed by atoms with Gasteiger partial charge in [0, 0.05) is 17.8 Å². The Labute approximate surface area is 89.6 Å². The highest BCUT2D eigenvalue weighted by Crippen LogP contribution is 2.39. The maximum absolute atomic E-state index is 4.44. The van der Waals surface area contributed by atoms with Gasteiger partial charge in [-0.25, -0.2) is 4.98 Å². The lowest BCUT2D eigenvalue weighted by Crippen LogP contribution is -1.89. The third kappa shape index (κ3) is 1.67. The Morgan fingerprint density at radius 1 is 1.20 bits per heavy atom. The van der Waals surface area contributed by atoms with E-state index in [0.29, 0.717) is 0 Å². The van der Waals surface area contributed by atoms with Crippen LogP contribution in [0.4, 0.5) is 0 Å². The summed E-state index contributed by atoms with van der Waals surface area (Å²) < 4.78 is 2.10. The maximum atomic E-state index is 4.44. The number of hydrogen-bond donors (Lipinski definition) is 0. The van der Waals surface area contributed by atoms with Crippen molar-refractivity contribution >= 4 is 0 Å². The van der Waals surface area contributed by atoms with E-state index in [1.54, 1.807) is 0 Å². The molecule has 1 fully saturated rings. The summed E-state index contributed by atoms with van der Waals surface area (Å²) in [6, 6.07) is 8.53. The molecule has 0 radical (unpaired) electrons. The second kappa shape index (κ2) is 3.23. The molecule has 1 aliphatic rings. The van der Waals surface area contributed by atoms with Crippen LogP contribution in [0.3, 0.4) is 0 Å². The first-order valence-corrected chi connectivity index (χ1v) is 5.44. The average Bonchev–Trinajstić information content (AvgIpc) is 2.99. The number of hydrogen-bond acceptors (Lipinski definition) is 1. The van der Waals surface area contributed by atoms with Crippen molar-refractivity contribution in [1.29, 1.82) is 0 Å². The quantitative estimate of drug-likeness (QED) is 0.725. The lowest BCUT2D eigenvalue weighted by Gasteiger charge is -2.01. The lowest BCUT2D eigenvalue weighted by molar-refractivity contribution is 1.05. The van der Waals surface area contributed by atoms with Gasteiger partial charge in [0.15, 0.2) is 0 Å². The van der Waals surface area contributed by atoms with Crippen molar-refractivity contribution in [1.82, 2.24) is 9.55 Å². The van der Waals surface area contributed by atoms with Crippen LogP contribution < -0.4 is 0 Å². The van der Waals surface area contributed by atoms with Crippen molar-refractivity contribution in [2.24, 2.45) is 0 Å². The molecule has 0 saturated heterocycles. The third-order valence-corrected chi connectivity index (χ3v) is 2.93. The van der Waals surface area contributed by atoms with Gasteiger partial charge in [-0.15, -0.1) is 0 Å². The van der Waals surface area contributed by atoms with Gasteiger partial charge in [-0.3, -0.25) is 0 Å². The van der Waals surface area contributed by atoms with Crippen LogP contribution in [-0.4, -0.2) is 9.55 Å². The zero-order chi connectivity index (χ0) is 10.3. The van der Waals surface area contributed by atoms with Gasteiger partial charge in [-0.05, 0) is 31.9 Å². The molecule has 2 aromatic rings. The maximum Gasteiger partial charge on any atom is 0.0995 e. The van der Waals surface area contributed by atoms with E-state index in [9.17, 15) is 0 Å². The van der Waals surface area contributed by atoms with Gasteiger partial charge in [0.1, 0.15) is 0 Å². The molecule has 0 N–H and O–H groups in total. The molecule has 0 bridgehead atoms. The second-order valence-corrected chi connectivity index (χ2v) is 4.32. The summed E-state index contributed by atoms with van der Waals surface area (Å²) in [6.45, 7) is 2.10. The molecule has 1 aliphatic carbocycles. The third-order valence-electron chi connectivity index (χ3n) is 2.93. The van der Waals surface area contributed by atoms with Crippen LogP contribution >= 0.6 is 0 Å². The molecule has 15 heavy (non-hydrogen) atoms. The monoisotopic (exact) mass is 198 g/mol. The topological polar surface area (TPSA) is 17.8 Å². The zero-order valence-electron chi connectivity index (χ0n) is 8.85. The highest BCUT2D eigenvalue weighted by Gasteiger charge is 2.25. The molecule has 76 valence electrons. The van der Waals surface area contributed by atoms with E-state index in [1.165, 1.54) is 29.8 Å². The molecule has 2 nitrogen and oxygen atoms in total. The molecule has 3 rings (SSSR count). The molecule has 1 saturated carbocycles. The van der Waals surface area contributed by atoms with Gasteiger partial charge in [-0.1, -0.05) is 17.7 Å². The zero-order valence-corrected chi connectivity index (χ0v) is 8.85. The Morgan fingerprint density at radius 2 is 1.93 bits per heavy atom. The van der Waals surface area contributed by atoms with Crippen molar-refractivity contribution < 1.29 is 0 Å². The molecular weight excluding hydrogens is 184 g/mol. The Morgan fingerprint density at radius 3 is 2.60 bits per heavy atom. The first-order chi connectivity index (χ1) is 7.33. The highest BCUT2D eigenvalue weighted by molar-refractivity contribution is 5.35. The fraction of sp³-hybridized carbons (Fsp3) is 0.308. The van der Waals surface area contributed by atoms with E-state index in [4.69, 9.17) is 0 Å². The first-order valence-electron chi connectivity index (χ1n) is 5.44. The summed E-state index contributed by atoms with van der Waals surface area (Å²) in [6.07, 6.45) is 6.69. The van der Waals surface area contributed by atoms with Crippen molar-refractivity contribution in [3.8, 4) is 5.69 Å². The predicted octanol–water partition coefficient (Wildman–Crippen LogP) is 3.06. The van der Waals surface area contributed by atoms with E-state index < -0.39 is 0 Å². The summed E-state index contributed by atoms with van der Waals surface area (Å²) in [5.41, 5.74) is 3.73. The molecule has 0 unspecified atom stereocenters. The molecule has 1 aromatic carbocycles. The molecule has 1 aromatic heterocycles. The van der Waals surface area contributed by atoms with Gasteiger partial charge >= 0.3 is 0 Å². The van der Waals surface area contributed by atoms with Crippen LogP contribution in [0.25, 0.3) is 5.69 Å². The van der Waals surface area contributed by atoms with Crippen molar-refractivity contribution in [3.05, 3.63) is 48.0 Å². The van der Waals surface area contributed by atoms with Crippen molar-refractivity contribution in [3.63, 3.8) is 0 Å². The van der Waals surface area contributed by atoms with Gasteiger partial charge in [0.2, 0.25) is 0 Å². The number of imidazole rings is 1. The van der Waals surface area contributed by atoms with Crippen LogP contribution in [0.1, 0.15) is 30.0 Å². The van der Waals surface area contributed by atoms with Crippen LogP contribution in [-0.2, 0) is 0 Å². The average molecular weight is 198 g/mol. The summed E-state index contributed by atoms with van der Waals surface area (Å²) in [5.74, 6) is 0.733. The number of aryl methyl sites for hydroxylation is 1. The molecular formula is C13H14N2. The second-order valence-electron chi connectivity index (χ2n) is 4.32. The smallest absolute Gasteiger partial charge is 0.0995 e. The van der Waals surface area contributed by atoms with Gasteiger partial charge in [-0.2, -0.15) is 0 Å². The normalized spacial score (nSPS) is 15.5. The fourth-order valence-corrected chi connectivity index (χ4v) is 1.79. The van der Waals surface area contributed by atoms with Crippen LogP contribution in [0.15, 0.2) is 36.8 Å². The highest BCUT2D eigenvalue weighted by atomic mass is 15.0. The van der Waals surface area contributed by atoms with E-state index >= 15 is 0 Å². The van der Waals surface area contributed by atoms with E-state index in [-0.39, 0.29) is 0 Å². The Kier molecular flexibility index (Phi) is 1.88. The molecule has 0 amide bonds. The SMILES string of the molecule is Cc1ccc(-n2cnc(C3CC3)c2)cc1.